The number of nitrogens with zero attached hydrogens (tertiary/aromatic N) is 1. The van der Waals surface area contributed by atoms with Gasteiger partial charge in [-0.25, -0.2) is 0 Å². The highest BCUT2D eigenvalue weighted by Crippen LogP contribution is 2.06. The molecule has 0 aliphatic heterocycles. The minimum Gasteiger partial charge on any atom is -0.395 e. The van der Waals surface area contributed by atoms with Crippen molar-refractivity contribution in [3.05, 3.63) is 0 Å². The van der Waals surface area contributed by atoms with Crippen molar-refractivity contribution in [2.45, 2.75) is 103 Å². The largest absolute Gasteiger partial charge is 0.395 e. The minimum atomic E-state index is -0.618. The van der Waals surface area contributed by atoms with E-state index >= 15 is 0 Å². The van der Waals surface area contributed by atoms with Crippen LogP contribution in [0.4, 0.5) is 0 Å². The maximum absolute atomic E-state index is 10.2. The lowest BCUT2D eigenvalue weighted by Gasteiger charge is -2.26. The number of unbranched alkanes of at least 4 members (excludes halogenated alkanes) is 10. The van der Waals surface area contributed by atoms with Crippen molar-refractivity contribution in [1.82, 2.24) is 4.90 Å². The number of hydrogen-bond donors (Lipinski definition) is 3. The Bertz CT molecular complexity index is 305. The molecule has 0 saturated carbocycles. The van der Waals surface area contributed by atoms with Gasteiger partial charge in [-0.2, -0.15) is 0 Å². The zero-order chi connectivity index (χ0) is 22.3. The van der Waals surface area contributed by atoms with Crippen LogP contribution in [0.15, 0.2) is 0 Å². The van der Waals surface area contributed by atoms with Crippen LogP contribution in [-0.2, 0) is 9.47 Å². The summed E-state index contributed by atoms with van der Waals surface area (Å²) in [5, 5.41) is 29.7. The predicted molar refractivity (Wildman–Crippen MR) is 124 cm³/mol. The van der Waals surface area contributed by atoms with Gasteiger partial charge in [-0.3, -0.25) is 4.90 Å². The van der Waals surface area contributed by atoms with E-state index < -0.39 is 12.2 Å². The highest BCUT2D eigenvalue weighted by molar-refractivity contribution is 4.68. The molecule has 0 bridgehead atoms. The number of aliphatic hydroxyl groups excluding tert-OH is 3. The van der Waals surface area contributed by atoms with Crippen LogP contribution in [0.2, 0.25) is 0 Å². The van der Waals surface area contributed by atoms with E-state index in [0.29, 0.717) is 46.1 Å². The van der Waals surface area contributed by atoms with Gasteiger partial charge in [0.25, 0.3) is 0 Å². The van der Waals surface area contributed by atoms with Crippen LogP contribution >= 0.6 is 0 Å². The Kier molecular flexibility index (Phi) is 23.2. The summed E-state index contributed by atoms with van der Waals surface area (Å²) in [6.07, 6.45) is 13.4. The van der Waals surface area contributed by atoms with Gasteiger partial charge in [0.1, 0.15) is 0 Å². The molecule has 0 aliphatic rings. The maximum atomic E-state index is 10.2. The van der Waals surface area contributed by atoms with Crippen molar-refractivity contribution >= 4 is 0 Å². The maximum Gasteiger partial charge on any atom is 0.0900 e. The summed E-state index contributed by atoms with van der Waals surface area (Å²) in [7, 11) is 0. The van der Waals surface area contributed by atoms with Crippen molar-refractivity contribution < 1.29 is 24.8 Å². The fourth-order valence-corrected chi connectivity index (χ4v) is 3.51. The third kappa shape index (κ3) is 21.0. The molecule has 2 unspecified atom stereocenters. The lowest BCUT2D eigenvalue weighted by Crippen LogP contribution is -2.42. The Morgan fingerprint density at radius 1 is 0.633 bits per heavy atom. The van der Waals surface area contributed by atoms with Crippen LogP contribution < -0.4 is 0 Å². The van der Waals surface area contributed by atoms with Gasteiger partial charge in [-0.05, 0) is 12.8 Å². The number of rotatable bonds is 24. The topological polar surface area (TPSA) is 82.4 Å². The molecular weight excluding hydrogens is 382 g/mol. The lowest BCUT2D eigenvalue weighted by atomic mass is 10.1. The molecule has 182 valence electrons. The van der Waals surface area contributed by atoms with E-state index in [0.717, 1.165) is 12.8 Å². The SMILES string of the molecule is CCCCCCCCOCC(O)CN(CCO)CC(O)COCCCCCCCC. The van der Waals surface area contributed by atoms with E-state index in [4.69, 9.17) is 9.47 Å². The second kappa shape index (κ2) is 23.4. The van der Waals surface area contributed by atoms with E-state index in [1.807, 2.05) is 4.90 Å². The highest BCUT2D eigenvalue weighted by atomic mass is 16.5. The fourth-order valence-electron chi connectivity index (χ4n) is 3.51. The van der Waals surface area contributed by atoms with Gasteiger partial charge in [-0.15, -0.1) is 0 Å². The molecule has 0 aliphatic carbocycles. The van der Waals surface area contributed by atoms with E-state index in [-0.39, 0.29) is 6.61 Å². The molecule has 0 saturated heterocycles. The molecular formula is C24H51NO5. The van der Waals surface area contributed by atoms with Crippen molar-refractivity contribution in [3.63, 3.8) is 0 Å². The van der Waals surface area contributed by atoms with Gasteiger partial charge in [0.15, 0.2) is 0 Å². The van der Waals surface area contributed by atoms with Crippen molar-refractivity contribution in [1.29, 1.82) is 0 Å². The van der Waals surface area contributed by atoms with Crippen molar-refractivity contribution in [2.75, 3.05) is 52.7 Å². The summed E-state index contributed by atoms with van der Waals surface area (Å²) in [6.45, 7) is 7.55. The lowest BCUT2D eigenvalue weighted by molar-refractivity contribution is -0.0139. The Morgan fingerprint density at radius 3 is 1.43 bits per heavy atom. The molecule has 0 fully saturated rings. The van der Waals surface area contributed by atoms with E-state index in [1.54, 1.807) is 0 Å². The Balaban J connectivity index is 3.77. The molecule has 0 heterocycles. The molecule has 0 spiro atoms. The molecule has 0 rings (SSSR count). The van der Waals surface area contributed by atoms with Crippen LogP contribution in [0.3, 0.4) is 0 Å². The van der Waals surface area contributed by atoms with Crippen LogP contribution in [-0.4, -0.2) is 85.1 Å². The quantitative estimate of drug-likeness (QED) is 0.201. The molecule has 30 heavy (non-hydrogen) atoms. The molecule has 0 aromatic heterocycles. The predicted octanol–water partition coefficient (Wildman–Crippen LogP) is 3.76. The highest BCUT2D eigenvalue weighted by Gasteiger charge is 2.16. The Hall–Kier alpha value is -0.240. The Morgan fingerprint density at radius 2 is 1.03 bits per heavy atom. The van der Waals surface area contributed by atoms with E-state index in [2.05, 4.69) is 13.8 Å². The van der Waals surface area contributed by atoms with E-state index in [1.165, 1.54) is 64.2 Å². The van der Waals surface area contributed by atoms with Gasteiger partial charge in [0.05, 0.1) is 32.0 Å². The summed E-state index contributed by atoms with van der Waals surface area (Å²) in [5.74, 6) is 0. The summed E-state index contributed by atoms with van der Waals surface area (Å²) in [6, 6.07) is 0. The molecule has 6 heteroatoms. The summed E-state index contributed by atoms with van der Waals surface area (Å²) in [5.41, 5.74) is 0. The van der Waals surface area contributed by atoms with Crippen LogP contribution in [0.25, 0.3) is 0 Å². The summed E-state index contributed by atoms with van der Waals surface area (Å²) >= 11 is 0. The first-order chi connectivity index (χ1) is 14.6. The van der Waals surface area contributed by atoms with Gasteiger partial charge >= 0.3 is 0 Å². The van der Waals surface area contributed by atoms with Gasteiger partial charge in [0.2, 0.25) is 0 Å². The molecule has 3 N–H and O–H groups in total. The van der Waals surface area contributed by atoms with Gasteiger partial charge in [-0.1, -0.05) is 78.1 Å². The molecule has 0 amide bonds. The Labute approximate surface area is 186 Å². The fraction of sp³-hybridized carbons (Fsp3) is 1.00. The number of hydrogen-bond acceptors (Lipinski definition) is 6. The second-order valence-electron chi connectivity index (χ2n) is 8.48. The van der Waals surface area contributed by atoms with E-state index in [9.17, 15) is 15.3 Å². The molecule has 0 radical (unpaired) electrons. The standard InChI is InChI=1S/C24H51NO5/c1-3-5-7-9-11-13-17-29-21-23(27)19-25(15-16-26)20-24(28)22-30-18-14-12-10-8-6-4-2/h23-24,26-28H,3-22H2,1-2H3. The first kappa shape index (κ1) is 29.8. The monoisotopic (exact) mass is 433 g/mol. The average Bonchev–Trinajstić information content (AvgIpc) is 2.72. The van der Waals surface area contributed by atoms with Crippen LogP contribution in [0.5, 0.6) is 0 Å². The summed E-state index contributed by atoms with van der Waals surface area (Å²) in [4.78, 5) is 1.87. The number of aliphatic hydroxyl groups is 3. The average molecular weight is 434 g/mol. The molecule has 2 atom stereocenters. The third-order valence-corrected chi connectivity index (χ3v) is 5.26. The van der Waals surface area contributed by atoms with Crippen LogP contribution in [0.1, 0.15) is 90.9 Å². The zero-order valence-electron chi connectivity index (χ0n) is 19.9. The third-order valence-electron chi connectivity index (χ3n) is 5.26. The normalized spacial score (nSPS) is 13.8. The zero-order valence-corrected chi connectivity index (χ0v) is 19.9. The smallest absolute Gasteiger partial charge is 0.0900 e. The summed E-state index contributed by atoms with van der Waals surface area (Å²) < 4.78 is 11.2. The van der Waals surface area contributed by atoms with Gasteiger partial charge in [0, 0.05) is 32.8 Å². The van der Waals surface area contributed by atoms with Crippen molar-refractivity contribution in [3.8, 4) is 0 Å². The molecule has 0 aromatic rings. The number of ether oxygens (including phenoxy) is 2. The first-order valence-corrected chi connectivity index (χ1v) is 12.5. The van der Waals surface area contributed by atoms with Crippen LogP contribution in [0, 0.1) is 0 Å². The minimum absolute atomic E-state index is 0.00330. The molecule has 0 aromatic carbocycles. The van der Waals surface area contributed by atoms with Crippen molar-refractivity contribution in [2.24, 2.45) is 0 Å². The molecule has 6 nitrogen and oxygen atoms in total. The second-order valence-corrected chi connectivity index (χ2v) is 8.48. The first-order valence-electron chi connectivity index (χ1n) is 12.5. The van der Waals surface area contributed by atoms with Gasteiger partial charge < -0.3 is 24.8 Å².